The van der Waals surface area contributed by atoms with Gasteiger partial charge in [-0.05, 0) is 24.0 Å². The van der Waals surface area contributed by atoms with Crippen molar-refractivity contribution in [2.75, 3.05) is 0 Å². The molecule has 1 heterocycles. The van der Waals surface area contributed by atoms with E-state index in [4.69, 9.17) is 12.2 Å². The first-order valence-corrected chi connectivity index (χ1v) is 9.12. The number of benzene rings is 2. The third kappa shape index (κ3) is 2.49. The molecule has 1 saturated heterocycles. The van der Waals surface area contributed by atoms with E-state index in [1.165, 1.54) is 48.2 Å². The fraction of sp³-hybridized carbons (Fsp3) is 0.381. The van der Waals surface area contributed by atoms with E-state index in [0.29, 0.717) is 6.04 Å². The van der Waals surface area contributed by atoms with Gasteiger partial charge in [-0.1, -0.05) is 92.1 Å². The molecule has 0 N–H and O–H groups in total. The minimum absolute atomic E-state index is 0.240. The summed E-state index contributed by atoms with van der Waals surface area (Å²) in [6.45, 7) is 0.932. The number of nitrogens with zero attached hydrogens (tertiary/aromatic N) is 1. The second kappa shape index (κ2) is 6.09. The predicted molar refractivity (Wildman–Crippen MR) is 99.3 cm³/mol. The topological polar surface area (TPSA) is 3.24 Å². The number of hydrogen-bond donors (Lipinski definition) is 0. The number of likely N-dealkylation sites (tertiary alicyclic amines) is 1. The Kier molecular flexibility index (Phi) is 3.94. The molecule has 0 amide bonds. The summed E-state index contributed by atoms with van der Waals surface area (Å²) in [5.74, 6) is 0. The van der Waals surface area contributed by atoms with E-state index in [1.54, 1.807) is 0 Å². The van der Waals surface area contributed by atoms with Gasteiger partial charge in [-0.25, -0.2) is 0 Å². The summed E-state index contributed by atoms with van der Waals surface area (Å²) < 4.78 is 0. The van der Waals surface area contributed by atoms with Gasteiger partial charge in [0.1, 0.15) is 0 Å². The molecule has 0 unspecified atom stereocenters. The van der Waals surface area contributed by atoms with Crippen molar-refractivity contribution in [3.8, 4) is 0 Å². The zero-order valence-electron chi connectivity index (χ0n) is 13.4. The Morgan fingerprint density at radius 2 is 1.48 bits per heavy atom. The molecule has 1 nitrogen and oxygen atoms in total. The van der Waals surface area contributed by atoms with Gasteiger partial charge in [0.15, 0.2) is 0 Å². The van der Waals surface area contributed by atoms with Gasteiger partial charge < -0.3 is 4.90 Å². The largest absolute Gasteiger partial charge is 0.353 e. The average Bonchev–Trinajstić information content (AvgIpc) is 2.63. The van der Waals surface area contributed by atoms with Crippen LogP contribution in [-0.4, -0.2) is 9.89 Å². The minimum atomic E-state index is 0.240. The Labute approximate surface area is 144 Å². The van der Waals surface area contributed by atoms with Crippen LogP contribution in [0.2, 0.25) is 0 Å². The third-order valence-corrected chi connectivity index (χ3v) is 6.22. The van der Waals surface area contributed by atoms with Crippen molar-refractivity contribution in [3.63, 3.8) is 0 Å². The molecule has 2 aromatic rings. The lowest BCUT2D eigenvalue weighted by atomic mass is 9.60. The Bertz CT molecular complexity index is 674. The first-order chi connectivity index (χ1) is 11.3. The molecule has 0 radical (unpaired) electrons. The number of thiocarbonyl (C=S) groups is 1. The minimum Gasteiger partial charge on any atom is -0.353 e. The molecule has 2 aromatic carbocycles. The summed E-state index contributed by atoms with van der Waals surface area (Å²) in [7, 11) is 0. The molecule has 2 fully saturated rings. The molecule has 2 heteroatoms. The molecule has 118 valence electrons. The molecule has 1 aliphatic carbocycles. The molecule has 1 saturated carbocycles. The van der Waals surface area contributed by atoms with Crippen LogP contribution in [0, 0.1) is 5.41 Å². The molecule has 2 aliphatic rings. The highest BCUT2D eigenvalue weighted by molar-refractivity contribution is 7.80. The first-order valence-electron chi connectivity index (χ1n) is 8.71. The van der Waals surface area contributed by atoms with Crippen LogP contribution in [0.15, 0.2) is 60.7 Å². The summed E-state index contributed by atoms with van der Waals surface area (Å²) >= 11 is 5.94. The van der Waals surface area contributed by atoms with Gasteiger partial charge in [0.05, 0.1) is 11.0 Å². The van der Waals surface area contributed by atoms with Crippen LogP contribution in [0.25, 0.3) is 0 Å². The number of hydrogen-bond acceptors (Lipinski definition) is 1. The van der Waals surface area contributed by atoms with Crippen LogP contribution in [-0.2, 0) is 6.54 Å². The zero-order valence-corrected chi connectivity index (χ0v) is 14.3. The highest BCUT2D eigenvalue weighted by atomic mass is 32.1. The van der Waals surface area contributed by atoms with E-state index in [-0.39, 0.29) is 5.41 Å². The standard InChI is InChI=1S/C21H23NS/c23-20-21(14-8-3-9-15-21)19(18-12-6-2-7-13-18)22(20)16-17-10-4-1-5-11-17/h1-2,4-7,10-13,19H,3,8-9,14-16H2/t19-/m0/s1. The lowest BCUT2D eigenvalue weighted by Crippen LogP contribution is -2.62. The summed E-state index contributed by atoms with van der Waals surface area (Å²) in [6.07, 6.45) is 6.53. The molecular weight excluding hydrogens is 298 g/mol. The predicted octanol–water partition coefficient (Wildman–Crippen LogP) is 5.52. The summed E-state index contributed by atoms with van der Waals surface area (Å²) in [5, 5.41) is 0. The van der Waals surface area contributed by atoms with Crippen LogP contribution < -0.4 is 0 Å². The van der Waals surface area contributed by atoms with Gasteiger partial charge in [-0.2, -0.15) is 0 Å². The number of rotatable bonds is 3. The Morgan fingerprint density at radius 3 is 2.13 bits per heavy atom. The Balaban J connectivity index is 1.67. The molecule has 0 bridgehead atoms. The lowest BCUT2D eigenvalue weighted by molar-refractivity contribution is 0.0460. The smallest absolute Gasteiger partial charge is 0.0874 e. The quantitative estimate of drug-likeness (QED) is 0.685. The van der Waals surface area contributed by atoms with Crippen molar-refractivity contribution in [3.05, 3.63) is 71.8 Å². The molecule has 1 aliphatic heterocycles. The molecule has 23 heavy (non-hydrogen) atoms. The van der Waals surface area contributed by atoms with E-state index in [0.717, 1.165) is 6.54 Å². The normalized spacial score (nSPS) is 22.9. The fourth-order valence-corrected chi connectivity index (χ4v) is 4.99. The van der Waals surface area contributed by atoms with Gasteiger partial charge in [-0.3, -0.25) is 0 Å². The van der Waals surface area contributed by atoms with Crippen molar-refractivity contribution in [2.45, 2.75) is 44.7 Å². The van der Waals surface area contributed by atoms with Crippen molar-refractivity contribution in [2.24, 2.45) is 5.41 Å². The Morgan fingerprint density at radius 1 is 0.870 bits per heavy atom. The van der Waals surface area contributed by atoms with Crippen LogP contribution in [0.1, 0.15) is 49.3 Å². The maximum Gasteiger partial charge on any atom is 0.0874 e. The SMILES string of the molecule is S=C1N(Cc2ccccc2)[C@@H](c2ccccc2)C12CCCCC2. The lowest BCUT2D eigenvalue weighted by Gasteiger charge is -2.61. The monoisotopic (exact) mass is 321 g/mol. The van der Waals surface area contributed by atoms with E-state index in [9.17, 15) is 0 Å². The van der Waals surface area contributed by atoms with Crippen LogP contribution >= 0.6 is 12.2 Å². The first kappa shape index (κ1) is 14.9. The maximum atomic E-state index is 5.94. The van der Waals surface area contributed by atoms with E-state index in [1.807, 2.05) is 0 Å². The highest BCUT2D eigenvalue weighted by Gasteiger charge is 2.57. The molecule has 1 spiro atoms. The average molecular weight is 321 g/mol. The van der Waals surface area contributed by atoms with Crippen molar-refractivity contribution < 1.29 is 0 Å². The van der Waals surface area contributed by atoms with Gasteiger partial charge in [0.2, 0.25) is 0 Å². The fourth-order valence-electron chi connectivity index (χ4n) is 4.50. The summed E-state index contributed by atoms with van der Waals surface area (Å²) in [6, 6.07) is 22.2. The van der Waals surface area contributed by atoms with Crippen molar-refractivity contribution in [1.82, 2.24) is 4.90 Å². The second-order valence-corrected chi connectivity index (χ2v) is 7.34. The molecule has 4 rings (SSSR count). The summed E-state index contributed by atoms with van der Waals surface area (Å²) in [5.41, 5.74) is 3.02. The van der Waals surface area contributed by atoms with E-state index in [2.05, 4.69) is 65.6 Å². The van der Waals surface area contributed by atoms with Crippen LogP contribution in [0.4, 0.5) is 0 Å². The molecule has 0 aromatic heterocycles. The van der Waals surface area contributed by atoms with Gasteiger partial charge >= 0.3 is 0 Å². The van der Waals surface area contributed by atoms with E-state index >= 15 is 0 Å². The highest BCUT2D eigenvalue weighted by Crippen LogP contribution is 2.58. The summed E-state index contributed by atoms with van der Waals surface area (Å²) in [4.78, 5) is 3.67. The van der Waals surface area contributed by atoms with Gasteiger partial charge in [0.25, 0.3) is 0 Å². The third-order valence-electron chi connectivity index (χ3n) is 5.58. The maximum absolute atomic E-state index is 5.94. The Hall–Kier alpha value is -1.67. The van der Waals surface area contributed by atoms with Crippen molar-refractivity contribution in [1.29, 1.82) is 0 Å². The van der Waals surface area contributed by atoms with Crippen LogP contribution in [0.5, 0.6) is 0 Å². The molecular formula is C21H23NS. The van der Waals surface area contributed by atoms with E-state index < -0.39 is 0 Å². The zero-order chi connectivity index (χ0) is 15.7. The van der Waals surface area contributed by atoms with Gasteiger partial charge in [0, 0.05) is 12.0 Å². The van der Waals surface area contributed by atoms with Crippen molar-refractivity contribution >= 4 is 17.2 Å². The van der Waals surface area contributed by atoms with Crippen LogP contribution in [0.3, 0.4) is 0 Å². The van der Waals surface area contributed by atoms with Gasteiger partial charge in [-0.15, -0.1) is 0 Å². The molecule has 1 atom stereocenters. The second-order valence-electron chi connectivity index (χ2n) is 6.95.